The number of amides is 2. The molecule has 0 bridgehead atoms. The van der Waals surface area contributed by atoms with Crippen molar-refractivity contribution in [1.82, 2.24) is 15.6 Å². The minimum absolute atomic E-state index is 0.0230. The van der Waals surface area contributed by atoms with Crippen LogP contribution in [0.5, 0.6) is 0 Å². The largest absolute Gasteiger partial charge is 0.395 e. The van der Waals surface area contributed by atoms with Crippen molar-refractivity contribution in [2.24, 2.45) is 16.5 Å². The number of nitrogens with one attached hydrogen (secondary N) is 3. The fourth-order valence-corrected chi connectivity index (χ4v) is 2.62. The van der Waals surface area contributed by atoms with E-state index < -0.39 is 11.9 Å². The molecule has 0 aliphatic carbocycles. The van der Waals surface area contributed by atoms with Crippen molar-refractivity contribution in [3.8, 4) is 11.3 Å². The number of aliphatic imine (C=N–C) groups is 1. The Bertz CT molecular complexity index is 799. The molecular weight excluding hydrogens is 360 g/mol. The zero-order valence-electron chi connectivity index (χ0n) is 15.5. The molecular formula is C19H26N6O3. The molecule has 0 fully saturated rings. The monoisotopic (exact) mass is 386 g/mol. The van der Waals surface area contributed by atoms with E-state index in [2.05, 4.69) is 20.6 Å². The molecule has 2 aromatic rings. The third-order valence-electron chi connectivity index (χ3n) is 3.99. The molecule has 0 unspecified atom stereocenters. The number of benzene rings is 1. The predicted octanol–water partition coefficient (Wildman–Crippen LogP) is -0.0578. The Kier molecular flexibility index (Phi) is 8.04. The quantitative estimate of drug-likeness (QED) is 0.191. The van der Waals surface area contributed by atoms with E-state index in [0.717, 1.165) is 11.3 Å². The predicted molar refractivity (Wildman–Crippen MR) is 107 cm³/mol. The van der Waals surface area contributed by atoms with E-state index in [1.54, 1.807) is 6.07 Å². The molecule has 1 atom stereocenters. The fourth-order valence-electron chi connectivity index (χ4n) is 2.62. The fraction of sp³-hybridized carbons (Fsp3) is 0.316. The number of aromatic nitrogens is 1. The van der Waals surface area contributed by atoms with Crippen LogP contribution in [0.4, 0.5) is 0 Å². The second-order valence-electron chi connectivity index (χ2n) is 6.14. The van der Waals surface area contributed by atoms with Crippen LogP contribution >= 0.6 is 0 Å². The van der Waals surface area contributed by atoms with Crippen molar-refractivity contribution < 1.29 is 14.7 Å². The van der Waals surface area contributed by atoms with Crippen LogP contribution < -0.4 is 22.1 Å². The van der Waals surface area contributed by atoms with E-state index in [4.69, 9.17) is 16.6 Å². The van der Waals surface area contributed by atoms with Gasteiger partial charge in [0.1, 0.15) is 11.7 Å². The Morgan fingerprint density at radius 1 is 1.14 bits per heavy atom. The first-order valence-corrected chi connectivity index (χ1v) is 9.00. The SMILES string of the molecule is NC(N)=NCCC[C@@H](NC(=O)c1ccc(-c2ccccc2)[nH]1)C(=O)NCCO. The molecule has 0 aliphatic heterocycles. The topological polar surface area (TPSA) is 159 Å². The molecule has 28 heavy (non-hydrogen) atoms. The van der Waals surface area contributed by atoms with Crippen molar-refractivity contribution in [2.75, 3.05) is 19.7 Å². The van der Waals surface area contributed by atoms with E-state index >= 15 is 0 Å². The van der Waals surface area contributed by atoms with Gasteiger partial charge in [-0.1, -0.05) is 30.3 Å². The Morgan fingerprint density at radius 2 is 1.89 bits per heavy atom. The third kappa shape index (κ3) is 6.44. The van der Waals surface area contributed by atoms with Gasteiger partial charge in [0.15, 0.2) is 5.96 Å². The molecule has 0 aliphatic rings. The number of carbonyl (C=O) groups excluding carboxylic acids is 2. The lowest BCUT2D eigenvalue weighted by atomic mass is 10.1. The molecule has 0 saturated heterocycles. The molecule has 0 radical (unpaired) electrons. The van der Waals surface area contributed by atoms with E-state index in [0.29, 0.717) is 25.1 Å². The van der Waals surface area contributed by atoms with Gasteiger partial charge in [0, 0.05) is 18.8 Å². The van der Waals surface area contributed by atoms with Gasteiger partial charge in [-0.25, -0.2) is 0 Å². The number of aromatic amines is 1. The highest BCUT2D eigenvalue weighted by atomic mass is 16.3. The van der Waals surface area contributed by atoms with Crippen molar-refractivity contribution in [3.63, 3.8) is 0 Å². The molecule has 8 N–H and O–H groups in total. The number of aliphatic hydroxyl groups is 1. The van der Waals surface area contributed by atoms with Gasteiger partial charge in [-0.2, -0.15) is 0 Å². The molecule has 1 heterocycles. The number of hydrogen-bond donors (Lipinski definition) is 6. The molecule has 0 saturated carbocycles. The molecule has 9 nitrogen and oxygen atoms in total. The zero-order chi connectivity index (χ0) is 20.4. The molecule has 9 heteroatoms. The van der Waals surface area contributed by atoms with Gasteiger partial charge >= 0.3 is 0 Å². The second-order valence-corrected chi connectivity index (χ2v) is 6.14. The van der Waals surface area contributed by atoms with Gasteiger partial charge in [-0.3, -0.25) is 14.6 Å². The molecule has 150 valence electrons. The summed E-state index contributed by atoms with van der Waals surface area (Å²) in [4.78, 5) is 31.8. The van der Waals surface area contributed by atoms with E-state index in [1.165, 1.54) is 0 Å². The third-order valence-corrected chi connectivity index (χ3v) is 3.99. The van der Waals surface area contributed by atoms with Crippen LogP contribution in [0, 0.1) is 0 Å². The van der Waals surface area contributed by atoms with Crippen molar-refractivity contribution in [1.29, 1.82) is 0 Å². The maximum atomic E-state index is 12.6. The molecule has 1 aromatic heterocycles. The average Bonchev–Trinajstić information content (AvgIpc) is 3.19. The first-order valence-electron chi connectivity index (χ1n) is 9.00. The van der Waals surface area contributed by atoms with Gasteiger partial charge in [-0.05, 0) is 30.5 Å². The van der Waals surface area contributed by atoms with Gasteiger partial charge < -0.3 is 32.2 Å². The van der Waals surface area contributed by atoms with Crippen LogP contribution in [0.2, 0.25) is 0 Å². The van der Waals surface area contributed by atoms with Crippen LogP contribution in [-0.2, 0) is 4.79 Å². The highest BCUT2D eigenvalue weighted by molar-refractivity contribution is 5.96. The first kappa shape index (κ1) is 21.0. The van der Waals surface area contributed by atoms with Crippen molar-refractivity contribution in [3.05, 3.63) is 48.2 Å². The summed E-state index contributed by atoms with van der Waals surface area (Å²) in [5.41, 5.74) is 12.7. The lowest BCUT2D eigenvalue weighted by Crippen LogP contribution is -2.47. The lowest BCUT2D eigenvalue weighted by molar-refractivity contribution is -0.123. The van der Waals surface area contributed by atoms with E-state index in [-0.39, 0.29) is 25.0 Å². The van der Waals surface area contributed by atoms with Crippen LogP contribution in [0.25, 0.3) is 11.3 Å². The molecule has 1 aromatic carbocycles. The number of guanidine groups is 1. The summed E-state index contributed by atoms with van der Waals surface area (Å²) in [6, 6.07) is 12.3. The summed E-state index contributed by atoms with van der Waals surface area (Å²) in [5.74, 6) is -0.791. The van der Waals surface area contributed by atoms with E-state index in [1.807, 2.05) is 36.4 Å². The molecule has 2 amide bonds. The highest BCUT2D eigenvalue weighted by Gasteiger charge is 2.21. The van der Waals surface area contributed by atoms with Gasteiger partial charge in [0.2, 0.25) is 5.91 Å². The van der Waals surface area contributed by atoms with Crippen molar-refractivity contribution in [2.45, 2.75) is 18.9 Å². The number of nitrogens with zero attached hydrogens (tertiary/aromatic N) is 1. The lowest BCUT2D eigenvalue weighted by Gasteiger charge is -2.17. The van der Waals surface area contributed by atoms with Gasteiger partial charge in [-0.15, -0.1) is 0 Å². The standard InChI is InChI=1S/C19H26N6O3/c20-19(21)23-10-4-7-15(17(27)22-11-12-26)25-18(28)16-9-8-14(24-16)13-5-2-1-3-6-13/h1-3,5-6,8-9,15,24,26H,4,7,10-12H2,(H,22,27)(H,25,28)(H4,20,21,23)/t15-/m1/s1. The average molecular weight is 386 g/mol. The van der Waals surface area contributed by atoms with Crippen LogP contribution in [0.1, 0.15) is 23.3 Å². The number of hydrogen-bond acceptors (Lipinski definition) is 4. The minimum Gasteiger partial charge on any atom is -0.395 e. The van der Waals surface area contributed by atoms with Crippen LogP contribution in [0.3, 0.4) is 0 Å². The Hall–Kier alpha value is -3.33. The Labute approximate surface area is 163 Å². The minimum atomic E-state index is -0.767. The number of nitrogens with two attached hydrogens (primary N) is 2. The normalized spacial score (nSPS) is 11.5. The highest BCUT2D eigenvalue weighted by Crippen LogP contribution is 2.18. The summed E-state index contributed by atoms with van der Waals surface area (Å²) in [6.45, 7) is 0.278. The van der Waals surface area contributed by atoms with E-state index in [9.17, 15) is 9.59 Å². The van der Waals surface area contributed by atoms with Gasteiger partial charge in [0.05, 0.1) is 6.61 Å². The number of carbonyl (C=O) groups is 2. The Balaban J connectivity index is 2.03. The summed E-state index contributed by atoms with van der Waals surface area (Å²) >= 11 is 0. The number of aliphatic hydroxyl groups excluding tert-OH is 1. The van der Waals surface area contributed by atoms with Gasteiger partial charge in [0.25, 0.3) is 5.91 Å². The first-order chi connectivity index (χ1) is 13.5. The second kappa shape index (κ2) is 10.7. The summed E-state index contributed by atoms with van der Waals surface area (Å²) in [5, 5.41) is 14.2. The number of H-pyrrole nitrogens is 1. The summed E-state index contributed by atoms with van der Waals surface area (Å²) < 4.78 is 0. The molecule has 0 spiro atoms. The number of rotatable bonds is 10. The van der Waals surface area contributed by atoms with Crippen LogP contribution in [-0.4, -0.2) is 53.6 Å². The zero-order valence-corrected chi connectivity index (χ0v) is 15.5. The summed E-state index contributed by atoms with van der Waals surface area (Å²) in [6.07, 6.45) is 0.863. The maximum Gasteiger partial charge on any atom is 0.268 e. The van der Waals surface area contributed by atoms with Crippen LogP contribution in [0.15, 0.2) is 47.5 Å². The smallest absolute Gasteiger partial charge is 0.268 e. The van der Waals surface area contributed by atoms with Crippen molar-refractivity contribution >= 4 is 17.8 Å². The maximum absolute atomic E-state index is 12.6. The summed E-state index contributed by atoms with van der Waals surface area (Å²) in [7, 11) is 0. The molecule has 2 rings (SSSR count). The Morgan fingerprint density at radius 3 is 2.57 bits per heavy atom.